The van der Waals surface area contributed by atoms with Crippen molar-refractivity contribution in [3.8, 4) is 0 Å². The largest absolute Gasteiger partial charge is 0.382 e. The second-order valence-corrected chi connectivity index (χ2v) is 4.53. The third kappa shape index (κ3) is 3.79. The number of halogens is 1. The smallest absolute Gasteiger partial charge is 0.253 e. The highest BCUT2D eigenvalue weighted by Crippen LogP contribution is 2.08. The molecule has 0 atom stereocenters. The first kappa shape index (κ1) is 12.9. The van der Waals surface area contributed by atoms with E-state index >= 15 is 0 Å². The maximum Gasteiger partial charge on any atom is 0.253 e. The number of carbonyl (C=O) groups excluding carboxylic acids is 1. The van der Waals surface area contributed by atoms with Gasteiger partial charge in [-0.3, -0.25) is 4.79 Å². The molecule has 0 radical (unpaired) electrons. The van der Waals surface area contributed by atoms with Gasteiger partial charge in [-0.2, -0.15) is 0 Å². The number of methoxy groups -OCH3 is 1. The molecule has 1 aromatic heterocycles. The number of ether oxygens (including phenoxy) is 1. The van der Waals surface area contributed by atoms with Crippen molar-refractivity contribution in [3.05, 3.63) is 29.0 Å². The van der Waals surface area contributed by atoms with E-state index in [1.807, 2.05) is 13.8 Å². The quantitative estimate of drug-likeness (QED) is 0.821. The molecule has 0 aliphatic carbocycles. The molecule has 0 fully saturated rings. The summed E-state index contributed by atoms with van der Waals surface area (Å²) in [7, 11) is 1.59. The van der Waals surface area contributed by atoms with Crippen molar-refractivity contribution in [1.29, 1.82) is 0 Å². The van der Waals surface area contributed by atoms with Gasteiger partial charge < -0.3 is 10.1 Å². The molecule has 1 aromatic rings. The monoisotopic (exact) mass is 242 g/mol. The summed E-state index contributed by atoms with van der Waals surface area (Å²) >= 11 is 5.64. The molecule has 16 heavy (non-hydrogen) atoms. The van der Waals surface area contributed by atoms with Crippen molar-refractivity contribution < 1.29 is 9.53 Å². The number of rotatable bonds is 4. The lowest BCUT2D eigenvalue weighted by atomic mass is 10.1. The van der Waals surface area contributed by atoms with Gasteiger partial charge >= 0.3 is 0 Å². The molecule has 88 valence electrons. The van der Waals surface area contributed by atoms with Gasteiger partial charge in [-0.05, 0) is 26.0 Å². The lowest BCUT2D eigenvalue weighted by Gasteiger charge is -2.25. The summed E-state index contributed by atoms with van der Waals surface area (Å²) in [5, 5.41) is 3.21. The Kier molecular flexibility index (Phi) is 4.26. The van der Waals surface area contributed by atoms with Gasteiger partial charge in [0.25, 0.3) is 5.91 Å². The molecule has 0 bridgehead atoms. The van der Waals surface area contributed by atoms with E-state index < -0.39 is 5.54 Å². The molecule has 4 nitrogen and oxygen atoms in total. The van der Waals surface area contributed by atoms with Crippen molar-refractivity contribution in [3.63, 3.8) is 0 Å². The fourth-order valence-electron chi connectivity index (χ4n) is 1.29. The number of pyridine rings is 1. The van der Waals surface area contributed by atoms with Gasteiger partial charge in [0, 0.05) is 13.3 Å². The Balaban J connectivity index is 2.69. The van der Waals surface area contributed by atoms with Crippen LogP contribution in [0.5, 0.6) is 0 Å². The van der Waals surface area contributed by atoms with Crippen molar-refractivity contribution in [2.75, 3.05) is 13.7 Å². The van der Waals surface area contributed by atoms with Gasteiger partial charge in [0.2, 0.25) is 0 Å². The number of hydrogen-bond donors (Lipinski definition) is 1. The van der Waals surface area contributed by atoms with Crippen LogP contribution in [0.15, 0.2) is 18.3 Å². The van der Waals surface area contributed by atoms with Gasteiger partial charge in [0.05, 0.1) is 17.7 Å². The lowest BCUT2D eigenvalue weighted by Crippen LogP contribution is -2.46. The SMILES string of the molecule is COCC(C)(C)NC(=O)c1ccc(Cl)nc1. The molecule has 1 rings (SSSR count). The number of hydrogen-bond acceptors (Lipinski definition) is 3. The summed E-state index contributed by atoms with van der Waals surface area (Å²) < 4.78 is 5.01. The summed E-state index contributed by atoms with van der Waals surface area (Å²) in [6, 6.07) is 3.22. The van der Waals surface area contributed by atoms with E-state index in [1.54, 1.807) is 19.2 Å². The van der Waals surface area contributed by atoms with Crippen molar-refractivity contribution in [2.45, 2.75) is 19.4 Å². The van der Waals surface area contributed by atoms with Gasteiger partial charge in [0.15, 0.2) is 0 Å². The summed E-state index contributed by atoms with van der Waals surface area (Å²) in [5.74, 6) is -0.189. The highest BCUT2D eigenvalue weighted by molar-refractivity contribution is 6.29. The Hall–Kier alpha value is -1.13. The molecule has 1 heterocycles. The zero-order chi connectivity index (χ0) is 12.2. The van der Waals surface area contributed by atoms with Crippen LogP contribution in [0.1, 0.15) is 24.2 Å². The molecular formula is C11H15ClN2O2. The zero-order valence-corrected chi connectivity index (χ0v) is 10.3. The second-order valence-electron chi connectivity index (χ2n) is 4.14. The molecular weight excluding hydrogens is 228 g/mol. The molecule has 0 saturated heterocycles. The van der Waals surface area contributed by atoms with E-state index in [1.165, 1.54) is 6.20 Å². The van der Waals surface area contributed by atoms with Crippen LogP contribution in [0.25, 0.3) is 0 Å². The minimum Gasteiger partial charge on any atom is -0.382 e. The van der Waals surface area contributed by atoms with Crippen molar-refractivity contribution in [1.82, 2.24) is 10.3 Å². The summed E-state index contributed by atoms with van der Waals surface area (Å²) in [6.45, 7) is 4.22. The zero-order valence-electron chi connectivity index (χ0n) is 9.58. The van der Waals surface area contributed by atoms with Crippen LogP contribution in [0.4, 0.5) is 0 Å². The number of amides is 1. The molecule has 1 amide bonds. The lowest BCUT2D eigenvalue weighted by molar-refractivity contribution is 0.0819. The average Bonchev–Trinajstić information content (AvgIpc) is 2.17. The Morgan fingerprint density at radius 2 is 2.25 bits per heavy atom. The number of carbonyl (C=O) groups is 1. The van der Waals surface area contributed by atoms with E-state index in [0.29, 0.717) is 17.3 Å². The number of nitrogens with zero attached hydrogens (tertiary/aromatic N) is 1. The minimum atomic E-state index is -0.411. The van der Waals surface area contributed by atoms with Crippen LogP contribution >= 0.6 is 11.6 Å². The van der Waals surface area contributed by atoms with Gasteiger partial charge in [-0.1, -0.05) is 11.6 Å². The molecule has 0 aromatic carbocycles. The molecule has 1 N–H and O–H groups in total. The summed E-state index contributed by atoms with van der Waals surface area (Å²) in [6.07, 6.45) is 1.44. The fraction of sp³-hybridized carbons (Fsp3) is 0.455. The molecule has 5 heteroatoms. The second kappa shape index (κ2) is 5.27. The number of aromatic nitrogens is 1. The van der Waals surface area contributed by atoms with Crippen LogP contribution in [-0.4, -0.2) is 30.1 Å². The normalized spacial score (nSPS) is 11.2. The Morgan fingerprint density at radius 3 is 2.75 bits per heavy atom. The molecule has 0 spiro atoms. The maximum absolute atomic E-state index is 11.8. The predicted octanol–water partition coefficient (Wildman–Crippen LogP) is 1.89. The Morgan fingerprint density at radius 1 is 1.56 bits per heavy atom. The standard InChI is InChI=1S/C11H15ClN2O2/c1-11(2,7-16-3)14-10(15)8-4-5-9(12)13-6-8/h4-6H,7H2,1-3H3,(H,14,15). The first-order valence-corrected chi connectivity index (χ1v) is 5.25. The van der Waals surface area contributed by atoms with Gasteiger partial charge in [-0.15, -0.1) is 0 Å². The number of nitrogens with one attached hydrogen (secondary N) is 1. The van der Waals surface area contributed by atoms with Crippen LogP contribution in [0.3, 0.4) is 0 Å². The Labute approximate surface area is 100.0 Å². The first-order valence-electron chi connectivity index (χ1n) is 4.87. The molecule has 0 aliphatic heterocycles. The highest BCUT2D eigenvalue weighted by atomic mass is 35.5. The van der Waals surface area contributed by atoms with E-state index in [0.717, 1.165) is 0 Å². The third-order valence-corrected chi connectivity index (χ3v) is 2.17. The van der Waals surface area contributed by atoms with E-state index in [-0.39, 0.29) is 5.91 Å². The van der Waals surface area contributed by atoms with Gasteiger partial charge in [0.1, 0.15) is 5.15 Å². The average molecular weight is 243 g/mol. The van der Waals surface area contributed by atoms with Crippen molar-refractivity contribution >= 4 is 17.5 Å². The van der Waals surface area contributed by atoms with Crippen LogP contribution in [0, 0.1) is 0 Å². The van der Waals surface area contributed by atoms with Crippen molar-refractivity contribution in [2.24, 2.45) is 0 Å². The summed E-state index contributed by atoms with van der Waals surface area (Å²) in [4.78, 5) is 15.6. The molecule has 0 aliphatic rings. The topological polar surface area (TPSA) is 51.2 Å². The highest BCUT2D eigenvalue weighted by Gasteiger charge is 2.20. The van der Waals surface area contributed by atoms with Crippen LogP contribution < -0.4 is 5.32 Å². The molecule has 0 unspecified atom stereocenters. The van der Waals surface area contributed by atoms with E-state index in [2.05, 4.69) is 10.3 Å². The van der Waals surface area contributed by atoms with Crippen LogP contribution in [0.2, 0.25) is 5.15 Å². The Bertz CT molecular complexity index is 363. The molecule has 0 saturated carbocycles. The minimum absolute atomic E-state index is 0.189. The fourth-order valence-corrected chi connectivity index (χ4v) is 1.40. The predicted molar refractivity (Wildman–Crippen MR) is 62.7 cm³/mol. The first-order chi connectivity index (χ1) is 7.44. The summed E-state index contributed by atoms with van der Waals surface area (Å²) in [5.41, 5.74) is 0.0689. The van der Waals surface area contributed by atoms with Crippen LogP contribution in [-0.2, 0) is 4.74 Å². The third-order valence-electron chi connectivity index (χ3n) is 1.95. The maximum atomic E-state index is 11.8. The van der Waals surface area contributed by atoms with E-state index in [4.69, 9.17) is 16.3 Å². The van der Waals surface area contributed by atoms with E-state index in [9.17, 15) is 4.79 Å². The van der Waals surface area contributed by atoms with Gasteiger partial charge in [-0.25, -0.2) is 4.98 Å².